The van der Waals surface area contributed by atoms with Gasteiger partial charge in [0.25, 0.3) is 5.91 Å². The number of hydrogen-bond donors (Lipinski definition) is 3. The molecule has 0 aliphatic carbocycles. The first-order valence-corrected chi connectivity index (χ1v) is 6.41. The van der Waals surface area contributed by atoms with Gasteiger partial charge in [0.1, 0.15) is 12.6 Å². The molecule has 0 saturated heterocycles. The molecule has 0 bridgehead atoms. The van der Waals surface area contributed by atoms with E-state index in [0.29, 0.717) is 4.57 Å². The monoisotopic (exact) mass is 331 g/mol. The highest BCUT2D eigenvalue weighted by molar-refractivity contribution is 5.99. The Morgan fingerprint density at radius 2 is 2.04 bits per heavy atom. The first-order chi connectivity index (χ1) is 10.6. The van der Waals surface area contributed by atoms with Gasteiger partial charge in [-0.2, -0.15) is 13.2 Å². The Hall–Kier alpha value is -2.78. The summed E-state index contributed by atoms with van der Waals surface area (Å²) in [5, 5.41) is 10.9. The standard InChI is InChI=1S/C13H12F3N3O4/c1-6(11(21)22)17-10(20)7-2-3-9-8(4-7)18-12(23)19(9)5-13(14,15)16/h2-4,6H,5H2,1H3,(H,17,20)(H,18,23)(H,21,22)/t6-/m0/s1. The van der Waals surface area contributed by atoms with Crippen LogP contribution in [0.15, 0.2) is 23.0 Å². The van der Waals surface area contributed by atoms with E-state index >= 15 is 0 Å². The number of amides is 1. The zero-order valence-corrected chi connectivity index (χ0v) is 11.8. The number of hydrogen-bond acceptors (Lipinski definition) is 3. The van der Waals surface area contributed by atoms with E-state index in [1.807, 2.05) is 0 Å². The van der Waals surface area contributed by atoms with Crippen LogP contribution in [0.4, 0.5) is 13.2 Å². The molecule has 2 aromatic rings. The van der Waals surface area contributed by atoms with Gasteiger partial charge in [-0.15, -0.1) is 0 Å². The maximum atomic E-state index is 12.5. The van der Waals surface area contributed by atoms with Crippen molar-refractivity contribution in [1.29, 1.82) is 0 Å². The van der Waals surface area contributed by atoms with E-state index in [2.05, 4.69) is 10.3 Å². The average Bonchev–Trinajstić information content (AvgIpc) is 2.72. The number of carboxylic acids is 1. The molecule has 10 heteroatoms. The molecule has 7 nitrogen and oxygen atoms in total. The fraction of sp³-hybridized carbons (Fsp3) is 0.308. The van der Waals surface area contributed by atoms with Gasteiger partial charge in [-0.05, 0) is 25.1 Å². The SMILES string of the molecule is C[C@H](NC(=O)c1ccc2c(c1)[nH]c(=O)n2CC(F)(F)F)C(=O)O. The van der Waals surface area contributed by atoms with Crippen LogP contribution < -0.4 is 11.0 Å². The van der Waals surface area contributed by atoms with Crippen LogP contribution in [0.2, 0.25) is 0 Å². The molecule has 3 N–H and O–H groups in total. The van der Waals surface area contributed by atoms with Gasteiger partial charge >= 0.3 is 17.8 Å². The van der Waals surface area contributed by atoms with Crippen molar-refractivity contribution >= 4 is 22.9 Å². The van der Waals surface area contributed by atoms with Crippen LogP contribution in [0.3, 0.4) is 0 Å². The van der Waals surface area contributed by atoms with Crippen molar-refractivity contribution in [2.45, 2.75) is 25.7 Å². The second-order valence-corrected chi connectivity index (χ2v) is 4.90. The molecule has 0 unspecified atom stereocenters. The summed E-state index contributed by atoms with van der Waals surface area (Å²) in [5.41, 5.74) is -0.884. The van der Waals surface area contributed by atoms with Crippen molar-refractivity contribution in [3.05, 3.63) is 34.2 Å². The Morgan fingerprint density at radius 1 is 1.39 bits per heavy atom. The lowest BCUT2D eigenvalue weighted by Gasteiger charge is -2.10. The molecule has 0 saturated carbocycles. The number of rotatable bonds is 4. The third-order valence-electron chi connectivity index (χ3n) is 3.09. The van der Waals surface area contributed by atoms with Gasteiger partial charge < -0.3 is 15.4 Å². The number of aromatic nitrogens is 2. The molecule has 0 spiro atoms. The summed E-state index contributed by atoms with van der Waals surface area (Å²) in [6, 6.07) is 2.46. The van der Waals surface area contributed by atoms with Gasteiger partial charge in [0, 0.05) is 5.56 Å². The minimum Gasteiger partial charge on any atom is -0.480 e. The Labute approximate surface area is 126 Å². The van der Waals surface area contributed by atoms with Gasteiger partial charge in [-0.3, -0.25) is 14.2 Å². The number of benzene rings is 1. The molecule has 1 atom stereocenters. The molecule has 124 valence electrons. The fourth-order valence-corrected chi connectivity index (χ4v) is 1.98. The molecule has 0 aliphatic rings. The Morgan fingerprint density at radius 3 is 2.61 bits per heavy atom. The minimum absolute atomic E-state index is 0.00448. The summed E-state index contributed by atoms with van der Waals surface area (Å²) in [4.78, 5) is 36.4. The van der Waals surface area contributed by atoms with Crippen molar-refractivity contribution < 1.29 is 27.9 Å². The van der Waals surface area contributed by atoms with Gasteiger partial charge in [0.2, 0.25) is 0 Å². The van der Waals surface area contributed by atoms with E-state index < -0.39 is 36.3 Å². The number of halogens is 3. The maximum Gasteiger partial charge on any atom is 0.406 e. The average molecular weight is 331 g/mol. The lowest BCUT2D eigenvalue weighted by atomic mass is 10.1. The number of imidazole rings is 1. The van der Waals surface area contributed by atoms with Crippen LogP contribution in [-0.4, -0.2) is 38.8 Å². The van der Waals surface area contributed by atoms with E-state index in [1.165, 1.54) is 25.1 Å². The number of carboxylic acid groups (broad SMARTS) is 1. The van der Waals surface area contributed by atoms with E-state index in [0.717, 1.165) is 0 Å². The van der Waals surface area contributed by atoms with Crippen LogP contribution in [0.1, 0.15) is 17.3 Å². The Kier molecular flexibility index (Phi) is 4.17. The molecule has 0 aliphatic heterocycles. The molecular weight excluding hydrogens is 319 g/mol. The molecule has 2 rings (SSSR count). The largest absolute Gasteiger partial charge is 0.480 e. The van der Waals surface area contributed by atoms with Gasteiger partial charge in [-0.1, -0.05) is 0 Å². The van der Waals surface area contributed by atoms with Crippen LogP contribution >= 0.6 is 0 Å². The third kappa shape index (κ3) is 3.71. The molecule has 1 aromatic carbocycles. The topological polar surface area (TPSA) is 104 Å². The highest BCUT2D eigenvalue weighted by Gasteiger charge is 2.30. The number of H-pyrrole nitrogens is 1. The Bertz CT molecular complexity index is 822. The summed E-state index contributed by atoms with van der Waals surface area (Å²) in [7, 11) is 0. The van der Waals surface area contributed by atoms with Crippen molar-refractivity contribution in [2.24, 2.45) is 0 Å². The number of alkyl halides is 3. The number of aliphatic carboxylic acids is 1. The zero-order valence-electron chi connectivity index (χ0n) is 11.8. The first-order valence-electron chi connectivity index (χ1n) is 6.41. The number of fused-ring (bicyclic) bond motifs is 1. The van der Waals surface area contributed by atoms with Crippen molar-refractivity contribution in [2.75, 3.05) is 0 Å². The molecule has 0 radical (unpaired) electrons. The van der Waals surface area contributed by atoms with E-state index in [4.69, 9.17) is 5.11 Å². The lowest BCUT2D eigenvalue weighted by Crippen LogP contribution is -2.38. The predicted molar refractivity (Wildman–Crippen MR) is 73.2 cm³/mol. The minimum atomic E-state index is -4.56. The molecule has 1 amide bonds. The first kappa shape index (κ1) is 16.6. The van der Waals surface area contributed by atoms with E-state index in [9.17, 15) is 27.6 Å². The molecule has 1 heterocycles. The normalized spacial score (nSPS) is 13.0. The summed E-state index contributed by atoms with van der Waals surface area (Å²) >= 11 is 0. The Balaban J connectivity index is 2.36. The quantitative estimate of drug-likeness (QED) is 0.780. The lowest BCUT2D eigenvalue weighted by molar-refractivity contribution is -0.140. The second kappa shape index (κ2) is 5.78. The highest BCUT2D eigenvalue weighted by atomic mass is 19.4. The van der Waals surface area contributed by atoms with Gasteiger partial charge in [-0.25, -0.2) is 4.79 Å². The molecule has 0 fully saturated rings. The zero-order chi connectivity index (χ0) is 17.4. The number of nitrogens with zero attached hydrogens (tertiary/aromatic N) is 1. The number of carbonyl (C=O) groups excluding carboxylic acids is 1. The number of aromatic amines is 1. The van der Waals surface area contributed by atoms with Crippen LogP contribution in [0, 0.1) is 0 Å². The summed E-state index contributed by atoms with van der Waals surface area (Å²) in [5.74, 6) is -1.95. The van der Waals surface area contributed by atoms with Gasteiger partial charge in [0.05, 0.1) is 11.0 Å². The van der Waals surface area contributed by atoms with Crippen molar-refractivity contribution in [1.82, 2.24) is 14.9 Å². The van der Waals surface area contributed by atoms with Crippen LogP contribution in [0.25, 0.3) is 11.0 Å². The van der Waals surface area contributed by atoms with Crippen molar-refractivity contribution in [3.8, 4) is 0 Å². The third-order valence-corrected chi connectivity index (χ3v) is 3.09. The molecular formula is C13H12F3N3O4. The second-order valence-electron chi connectivity index (χ2n) is 4.90. The van der Waals surface area contributed by atoms with Gasteiger partial charge in [0.15, 0.2) is 0 Å². The number of carbonyl (C=O) groups is 2. The summed E-state index contributed by atoms with van der Waals surface area (Å²) in [6.45, 7) is -0.187. The summed E-state index contributed by atoms with van der Waals surface area (Å²) < 4.78 is 37.9. The fourth-order valence-electron chi connectivity index (χ4n) is 1.98. The smallest absolute Gasteiger partial charge is 0.406 e. The van der Waals surface area contributed by atoms with E-state index in [-0.39, 0.29) is 16.6 Å². The highest BCUT2D eigenvalue weighted by Crippen LogP contribution is 2.20. The predicted octanol–water partition coefficient (Wildman–Crippen LogP) is 1.09. The van der Waals surface area contributed by atoms with E-state index in [1.54, 1.807) is 0 Å². The van der Waals surface area contributed by atoms with Crippen LogP contribution in [0.5, 0.6) is 0 Å². The molecule has 1 aromatic heterocycles. The summed E-state index contributed by atoms with van der Waals surface area (Å²) in [6.07, 6.45) is -4.56. The molecule has 23 heavy (non-hydrogen) atoms. The maximum absolute atomic E-state index is 12.5. The number of nitrogens with one attached hydrogen (secondary N) is 2. The van der Waals surface area contributed by atoms with Crippen molar-refractivity contribution in [3.63, 3.8) is 0 Å². The van der Waals surface area contributed by atoms with Crippen LogP contribution in [-0.2, 0) is 11.3 Å².